The molecule has 0 fully saturated rings. The molecule has 0 aliphatic heterocycles. The fraction of sp³-hybridized carbons (Fsp3) is 0. The highest BCUT2D eigenvalue weighted by Crippen LogP contribution is 2.43. The Kier molecular flexibility index (Phi) is 7.78. The number of hydrogen-bond donors (Lipinski definition) is 0. The van der Waals surface area contributed by atoms with Crippen molar-refractivity contribution in [2.75, 3.05) is 4.90 Å². The number of anilines is 3. The molecule has 0 aliphatic carbocycles. The highest BCUT2D eigenvalue weighted by atomic mass is 16.4. The van der Waals surface area contributed by atoms with Gasteiger partial charge in [-0.1, -0.05) is 133 Å². The zero-order valence-electron chi connectivity index (χ0n) is 32.2. The molecular formula is C55H34N2O3. The van der Waals surface area contributed by atoms with Crippen LogP contribution >= 0.6 is 0 Å². The maximum Gasteiger partial charge on any atom is 0.227 e. The summed E-state index contributed by atoms with van der Waals surface area (Å²) in [4.78, 5) is 7.10. The largest absolute Gasteiger partial charge is 0.456 e. The van der Waals surface area contributed by atoms with Crippen molar-refractivity contribution in [2.45, 2.75) is 0 Å². The van der Waals surface area contributed by atoms with Crippen LogP contribution in [0, 0.1) is 0 Å². The molecule has 0 aliphatic rings. The first-order valence-electron chi connectivity index (χ1n) is 20.1. The van der Waals surface area contributed by atoms with E-state index in [4.69, 9.17) is 18.2 Å². The molecule has 0 amide bonds. The van der Waals surface area contributed by atoms with Gasteiger partial charge in [-0.25, -0.2) is 4.98 Å². The molecule has 0 spiro atoms. The third-order valence-corrected chi connectivity index (χ3v) is 11.5. The molecule has 9 aromatic carbocycles. The molecule has 0 radical (unpaired) electrons. The number of hydrogen-bond acceptors (Lipinski definition) is 5. The summed E-state index contributed by atoms with van der Waals surface area (Å²) in [5.74, 6) is 0.601. The van der Waals surface area contributed by atoms with Gasteiger partial charge in [0.05, 0.1) is 5.69 Å². The van der Waals surface area contributed by atoms with Crippen molar-refractivity contribution in [1.82, 2.24) is 4.98 Å². The van der Waals surface area contributed by atoms with E-state index in [0.29, 0.717) is 5.89 Å². The van der Waals surface area contributed by atoms with Crippen molar-refractivity contribution >= 4 is 72.0 Å². The second kappa shape index (κ2) is 13.8. The number of rotatable bonds is 7. The van der Waals surface area contributed by atoms with Crippen LogP contribution in [0.4, 0.5) is 17.1 Å². The number of aromatic nitrogens is 1. The van der Waals surface area contributed by atoms with E-state index in [9.17, 15) is 0 Å². The van der Waals surface area contributed by atoms with Crippen molar-refractivity contribution in [2.24, 2.45) is 0 Å². The lowest BCUT2D eigenvalue weighted by molar-refractivity contribution is 0.620. The number of oxazole rings is 1. The third kappa shape index (κ3) is 5.67. The average Bonchev–Trinajstić information content (AvgIpc) is 4.02. The van der Waals surface area contributed by atoms with Gasteiger partial charge in [-0.05, 0) is 89.0 Å². The normalized spacial score (nSPS) is 11.7. The van der Waals surface area contributed by atoms with Gasteiger partial charge in [0.15, 0.2) is 5.58 Å². The Morgan fingerprint density at radius 1 is 0.333 bits per heavy atom. The molecule has 5 nitrogen and oxygen atoms in total. The van der Waals surface area contributed by atoms with Crippen LogP contribution < -0.4 is 4.90 Å². The zero-order valence-corrected chi connectivity index (χ0v) is 32.2. The topological polar surface area (TPSA) is 55.6 Å². The van der Waals surface area contributed by atoms with Crippen molar-refractivity contribution in [3.63, 3.8) is 0 Å². The summed E-state index contributed by atoms with van der Waals surface area (Å²) in [6, 6.07) is 71.8. The molecule has 0 saturated carbocycles. The standard InChI is InChI=1S/C55H34N2O3/c1-3-12-36(13-4-1)42-16-7-9-20-49(42)57(41-29-24-37(25-30-41)43-18-11-19-46-44-17-8-10-21-50(44)59-54(43)46)40-27-22-35(23-28-40)39-26-31-45-47-33-53-48(34-52(47)58-51(45)32-39)56-55(60-53)38-14-5-2-6-15-38/h1-34H. The van der Waals surface area contributed by atoms with Gasteiger partial charge in [0, 0.05) is 55.7 Å². The minimum Gasteiger partial charge on any atom is -0.456 e. The second-order valence-corrected chi connectivity index (χ2v) is 15.1. The third-order valence-electron chi connectivity index (χ3n) is 11.5. The van der Waals surface area contributed by atoms with Gasteiger partial charge in [0.25, 0.3) is 0 Å². The molecular weight excluding hydrogens is 737 g/mol. The van der Waals surface area contributed by atoms with Crippen molar-refractivity contribution in [3.8, 4) is 44.8 Å². The number of furan rings is 2. The Balaban J connectivity index is 0.918. The van der Waals surface area contributed by atoms with Crippen LogP contribution in [0.5, 0.6) is 0 Å². The van der Waals surface area contributed by atoms with E-state index in [-0.39, 0.29) is 0 Å². The van der Waals surface area contributed by atoms with Gasteiger partial charge in [0.1, 0.15) is 27.8 Å². The summed E-state index contributed by atoms with van der Waals surface area (Å²) >= 11 is 0. The van der Waals surface area contributed by atoms with Gasteiger partial charge < -0.3 is 18.2 Å². The van der Waals surface area contributed by atoms with Crippen LogP contribution in [0.25, 0.3) is 99.8 Å². The predicted molar refractivity (Wildman–Crippen MR) is 245 cm³/mol. The van der Waals surface area contributed by atoms with E-state index in [2.05, 4.69) is 157 Å². The van der Waals surface area contributed by atoms with Crippen LogP contribution in [0.15, 0.2) is 220 Å². The van der Waals surface area contributed by atoms with Crippen molar-refractivity contribution in [3.05, 3.63) is 206 Å². The Morgan fingerprint density at radius 3 is 1.73 bits per heavy atom. The Bertz CT molecular complexity index is 3530. The second-order valence-electron chi connectivity index (χ2n) is 15.1. The molecule has 0 N–H and O–H groups in total. The fourth-order valence-electron chi connectivity index (χ4n) is 8.61. The predicted octanol–water partition coefficient (Wildman–Crippen LogP) is 15.8. The summed E-state index contributed by atoms with van der Waals surface area (Å²) in [6.07, 6.45) is 0. The molecule has 0 unspecified atom stereocenters. The van der Waals surface area contributed by atoms with E-state index < -0.39 is 0 Å². The Hall–Kier alpha value is -8.15. The monoisotopic (exact) mass is 770 g/mol. The molecule has 3 heterocycles. The number of para-hydroxylation sites is 3. The molecule has 282 valence electrons. The summed E-state index contributed by atoms with van der Waals surface area (Å²) in [7, 11) is 0. The zero-order chi connectivity index (χ0) is 39.6. The molecule has 12 rings (SSSR count). The molecule has 60 heavy (non-hydrogen) atoms. The quantitative estimate of drug-likeness (QED) is 0.162. The van der Waals surface area contributed by atoms with Gasteiger partial charge in [-0.2, -0.15) is 0 Å². The minimum absolute atomic E-state index is 0.601. The van der Waals surface area contributed by atoms with E-state index >= 15 is 0 Å². The van der Waals surface area contributed by atoms with Gasteiger partial charge in [-0.3, -0.25) is 0 Å². The first-order valence-corrected chi connectivity index (χ1v) is 20.1. The summed E-state index contributed by atoms with van der Waals surface area (Å²) in [5.41, 5.74) is 15.7. The lowest BCUT2D eigenvalue weighted by atomic mass is 9.99. The first kappa shape index (κ1) is 33.9. The van der Waals surface area contributed by atoms with Gasteiger partial charge in [-0.15, -0.1) is 0 Å². The molecule has 12 aromatic rings. The van der Waals surface area contributed by atoms with Crippen LogP contribution in [0.2, 0.25) is 0 Å². The molecule has 0 bridgehead atoms. The molecule has 0 atom stereocenters. The number of benzene rings is 9. The van der Waals surface area contributed by atoms with E-state index in [1.807, 2.05) is 54.6 Å². The van der Waals surface area contributed by atoms with Crippen molar-refractivity contribution in [1.29, 1.82) is 0 Å². The number of nitrogens with zero attached hydrogens (tertiary/aromatic N) is 2. The van der Waals surface area contributed by atoms with Crippen LogP contribution in [0.1, 0.15) is 0 Å². The van der Waals surface area contributed by atoms with E-state index in [1.54, 1.807) is 0 Å². The Labute approximate surface area is 345 Å². The van der Waals surface area contributed by atoms with Crippen LogP contribution in [0.3, 0.4) is 0 Å². The smallest absolute Gasteiger partial charge is 0.227 e. The Morgan fingerprint density at radius 2 is 0.933 bits per heavy atom. The molecule has 0 saturated heterocycles. The van der Waals surface area contributed by atoms with Gasteiger partial charge >= 0.3 is 0 Å². The highest BCUT2D eigenvalue weighted by Gasteiger charge is 2.19. The van der Waals surface area contributed by atoms with E-state index in [0.717, 1.165) is 111 Å². The van der Waals surface area contributed by atoms with Crippen molar-refractivity contribution < 1.29 is 13.3 Å². The fourth-order valence-corrected chi connectivity index (χ4v) is 8.61. The minimum atomic E-state index is 0.601. The summed E-state index contributed by atoms with van der Waals surface area (Å²) < 4.78 is 19.1. The lowest BCUT2D eigenvalue weighted by Gasteiger charge is -2.28. The molecule has 3 aromatic heterocycles. The number of fused-ring (bicyclic) bond motifs is 7. The average molecular weight is 771 g/mol. The summed E-state index contributed by atoms with van der Waals surface area (Å²) in [5, 5.41) is 4.29. The highest BCUT2D eigenvalue weighted by molar-refractivity contribution is 6.11. The SMILES string of the molecule is c1ccc(-c2nc3cc4oc5cc(-c6ccc(N(c7ccc(-c8cccc9c8oc8ccccc89)cc7)c7ccccc7-c7ccccc7)cc6)ccc5c4cc3o2)cc1. The lowest BCUT2D eigenvalue weighted by Crippen LogP contribution is -2.11. The van der Waals surface area contributed by atoms with Gasteiger partial charge in [0.2, 0.25) is 5.89 Å². The van der Waals surface area contributed by atoms with Crippen LogP contribution in [-0.4, -0.2) is 4.98 Å². The maximum atomic E-state index is 6.46. The van der Waals surface area contributed by atoms with E-state index in [1.165, 1.54) is 0 Å². The molecule has 5 heteroatoms. The summed E-state index contributed by atoms with van der Waals surface area (Å²) in [6.45, 7) is 0. The maximum absolute atomic E-state index is 6.46. The van der Waals surface area contributed by atoms with Crippen LogP contribution in [-0.2, 0) is 0 Å². The first-order chi connectivity index (χ1) is 29.7.